The summed E-state index contributed by atoms with van der Waals surface area (Å²) in [5.41, 5.74) is 2.51. The SMILES string of the molecule is CCC(COc1ccnc(-c2nc3c(c(N(C)CC(=O)NC(C)(C)C)n2)CCC3)c1)OC1CCCCO1. The Morgan fingerprint density at radius 1 is 1.24 bits per heavy atom. The lowest BCUT2D eigenvalue weighted by Crippen LogP contribution is -2.45. The first-order valence-corrected chi connectivity index (χ1v) is 13.5. The van der Waals surface area contributed by atoms with E-state index in [9.17, 15) is 4.79 Å². The number of aromatic nitrogens is 3. The molecule has 202 valence electrons. The number of rotatable bonds is 10. The van der Waals surface area contributed by atoms with Gasteiger partial charge in [0.2, 0.25) is 5.91 Å². The van der Waals surface area contributed by atoms with E-state index in [4.69, 9.17) is 24.2 Å². The van der Waals surface area contributed by atoms with Gasteiger partial charge in [0.05, 0.1) is 12.6 Å². The molecule has 1 amide bonds. The maximum atomic E-state index is 12.6. The van der Waals surface area contributed by atoms with Gasteiger partial charge in [-0.05, 0) is 71.8 Å². The third-order valence-electron chi connectivity index (χ3n) is 6.50. The fourth-order valence-corrected chi connectivity index (χ4v) is 4.69. The number of fused-ring (bicyclic) bond motifs is 1. The Morgan fingerprint density at radius 2 is 2.08 bits per heavy atom. The number of amides is 1. The fraction of sp³-hybridized carbons (Fsp3) is 0.643. The quantitative estimate of drug-likeness (QED) is 0.510. The van der Waals surface area contributed by atoms with Crippen molar-refractivity contribution < 1.29 is 19.0 Å². The summed E-state index contributed by atoms with van der Waals surface area (Å²) < 4.78 is 17.9. The zero-order valence-electron chi connectivity index (χ0n) is 22.9. The molecule has 2 atom stereocenters. The molecule has 0 aromatic carbocycles. The second-order valence-corrected chi connectivity index (χ2v) is 11.0. The third kappa shape index (κ3) is 7.61. The van der Waals surface area contributed by atoms with Crippen LogP contribution in [0.1, 0.15) is 71.1 Å². The van der Waals surface area contributed by atoms with Crippen molar-refractivity contribution in [3.63, 3.8) is 0 Å². The molecule has 0 bridgehead atoms. The van der Waals surface area contributed by atoms with Crippen LogP contribution in [0.4, 0.5) is 5.82 Å². The van der Waals surface area contributed by atoms with Gasteiger partial charge in [0.1, 0.15) is 23.9 Å². The van der Waals surface area contributed by atoms with Crippen LogP contribution in [-0.4, -0.2) is 65.6 Å². The lowest BCUT2D eigenvalue weighted by molar-refractivity contribution is -0.193. The summed E-state index contributed by atoms with van der Waals surface area (Å²) in [5.74, 6) is 1.99. The number of hydrogen-bond donors (Lipinski definition) is 1. The van der Waals surface area contributed by atoms with Crippen LogP contribution >= 0.6 is 0 Å². The lowest BCUT2D eigenvalue weighted by atomic mass is 10.1. The Labute approximate surface area is 220 Å². The van der Waals surface area contributed by atoms with E-state index >= 15 is 0 Å². The number of anilines is 1. The first-order chi connectivity index (χ1) is 17.7. The van der Waals surface area contributed by atoms with Crippen LogP contribution in [0, 0.1) is 0 Å². The monoisotopic (exact) mass is 511 g/mol. The van der Waals surface area contributed by atoms with Crippen molar-refractivity contribution in [1.29, 1.82) is 0 Å². The van der Waals surface area contributed by atoms with E-state index < -0.39 is 0 Å². The molecule has 0 spiro atoms. The number of nitrogens with zero attached hydrogens (tertiary/aromatic N) is 4. The predicted octanol–water partition coefficient (Wildman–Crippen LogP) is 4.08. The van der Waals surface area contributed by atoms with Gasteiger partial charge in [-0.1, -0.05) is 6.92 Å². The molecule has 1 aliphatic carbocycles. The van der Waals surface area contributed by atoms with E-state index in [0.29, 0.717) is 23.9 Å². The molecule has 2 aromatic rings. The summed E-state index contributed by atoms with van der Waals surface area (Å²) in [6.45, 7) is 9.43. The number of pyridine rings is 1. The van der Waals surface area contributed by atoms with Crippen molar-refractivity contribution in [1.82, 2.24) is 20.3 Å². The van der Waals surface area contributed by atoms with Gasteiger partial charge in [0, 0.05) is 42.7 Å². The minimum Gasteiger partial charge on any atom is -0.491 e. The highest BCUT2D eigenvalue weighted by Crippen LogP contribution is 2.31. The zero-order chi connectivity index (χ0) is 26.4. The second-order valence-electron chi connectivity index (χ2n) is 11.0. The standard InChI is InChI=1S/C28H41N5O4/c1-6-19(37-25-12-7-8-15-35-25)18-36-20-13-14-29-23(16-20)26-30-22-11-9-10-21(22)27(31-26)33(5)17-24(34)32-28(2,3)4/h13-14,16,19,25H,6-12,15,17-18H2,1-5H3,(H,32,34). The van der Waals surface area contributed by atoms with Crippen LogP contribution < -0.4 is 15.0 Å². The highest BCUT2D eigenvalue weighted by Gasteiger charge is 2.25. The van der Waals surface area contributed by atoms with Gasteiger partial charge < -0.3 is 24.4 Å². The average molecular weight is 512 g/mol. The summed E-state index contributed by atoms with van der Waals surface area (Å²) >= 11 is 0. The van der Waals surface area contributed by atoms with Gasteiger partial charge in [-0.25, -0.2) is 9.97 Å². The highest BCUT2D eigenvalue weighted by molar-refractivity contribution is 5.82. The summed E-state index contributed by atoms with van der Waals surface area (Å²) in [6, 6.07) is 3.71. The first kappa shape index (κ1) is 27.3. The Bertz CT molecular complexity index is 1070. The van der Waals surface area contributed by atoms with E-state index in [1.807, 2.05) is 44.9 Å². The molecule has 37 heavy (non-hydrogen) atoms. The average Bonchev–Trinajstić information content (AvgIpc) is 3.34. The van der Waals surface area contributed by atoms with Crippen molar-refractivity contribution in [3.8, 4) is 17.3 Å². The van der Waals surface area contributed by atoms with Crippen LogP contribution in [-0.2, 0) is 27.1 Å². The van der Waals surface area contributed by atoms with Crippen LogP contribution in [0.3, 0.4) is 0 Å². The number of carbonyl (C=O) groups is 1. The third-order valence-corrected chi connectivity index (χ3v) is 6.50. The Hall–Kier alpha value is -2.78. The summed E-state index contributed by atoms with van der Waals surface area (Å²) in [6.07, 6.45) is 8.37. The Balaban J connectivity index is 1.47. The molecule has 0 radical (unpaired) electrons. The number of likely N-dealkylation sites (N-methyl/N-ethyl adjacent to an activating group) is 1. The molecule has 2 unspecified atom stereocenters. The van der Waals surface area contributed by atoms with Gasteiger partial charge in [0.15, 0.2) is 12.1 Å². The normalized spacial score (nSPS) is 18.2. The number of hydrogen-bond acceptors (Lipinski definition) is 8. The topological polar surface area (TPSA) is 98.7 Å². The van der Waals surface area contributed by atoms with Crippen molar-refractivity contribution in [3.05, 3.63) is 29.6 Å². The Kier molecular flexibility index (Phi) is 8.97. The van der Waals surface area contributed by atoms with Crippen molar-refractivity contribution in [2.45, 2.75) is 90.6 Å². The molecule has 9 heteroatoms. The highest BCUT2D eigenvalue weighted by atomic mass is 16.7. The van der Waals surface area contributed by atoms with Crippen LogP contribution in [0.25, 0.3) is 11.5 Å². The molecular formula is C28H41N5O4. The smallest absolute Gasteiger partial charge is 0.239 e. The second kappa shape index (κ2) is 12.2. The van der Waals surface area contributed by atoms with Gasteiger partial charge in [-0.3, -0.25) is 9.78 Å². The molecule has 3 heterocycles. The molecule has 0 saturated carbocycles. The van der Waals surface area contributed by atoms with Crippen molar-refractivity contribution in [2.75, 3.05) is 31.7 Å². The molecule has 2 aliphatic rings. The first-order valence-electron chi connectivity index (χ1n) is 13.5. The minimum atomic E-state index is -0.285. The molecule has 9 nitrogen and oxygen atoms in total. The van der Waals surface area contributed by atoms with Crippen LogP contribution in [0.5, 0.6) is 5.75 Å². The molecule has 4 rings (SSSR count). The van der Waals surface area contributed by atoms with E-state index in [1.54, 1.807) is 6.20 Å². The van der Waals surface area contributed by atoms with E-state index in [0.717, 1.165) is 68.6 Å². The maximum Gasteiger partial charge on any atom is 0.239 e. The van der Waals surface area contributed by atoms with Crippen molar-refractivity contribution in [2.24, 2.45) is 0 Å². The number of aryl methyl sites for hydroxylation is 1. The van der Waals surface area contributed by atoms with E-state index in [1.165, 1.54) is 0 Å². The minimum absolute atomic E-state index is 0.0400. The molecule has 2 aromatic heterocycles. The lowest BCUT2D eigenvalue weighted by Gasteiger charge is -2.27. The van der Waals surface area contributed by atoms with Gasteiger partial charge >= 0.3 is 0 Å². The molecule has 1 fully saturated rings. The van der Waals surface area contributed by atoms with Crippen LogP contribution in [0.2, 0.25) is 0 Å². The van der Waals surface area contributed by atoms with Gasteiger partial charge in [0.25, 0.3) is 0 Å². The van der Waals surface area contributed by atoms with Crippen LogP contribution in [0.15, 0.2) is 18.3 Å². The Morgan fingerprint density at radius 3 is 2.81 bits per heavy atom. The molecule has 1 aliphatic heterocycles. The predicted molar refractivity (Wildman–Crippen MR) is 143 cm³/mol. The van der Waals surface area contributed by atoms with Crippen molar-refractivity contribution >= 4 is 11.7 Å². The number of ether oxygens (including phenoxy) is 3. The van der Waals surface area contributed by atoms with E-state index in [2.05, 4.69) is 17.2 Å². The zero-order valence-corrected chi connectivity index (χ0v) is 22.9. The summed E-state index contributed by atoms with van der Waals surface area (Å²) in [4.78, 5) is 28.7. The molecular weight excluding hydrogens is 470 g/mol. The number of carbonyl (C=O) groups excluding carboxylic acids is 1. The van der Waals surface area contributed by atoms with E-state index in [-0.39, 0.29) is 30.4 Å². The summed E-state index contributed by atoms with van der Waals surface area (Å²) in [5, 5.41) is 3.02. The van der Waals surface area contributed by atoms with Gasteiger partial charge in [-0.15, -0.1) is 0 Å². The maximum absolute atomic E-state index is 12.6. The molecule has 1 saturated heterocycles. The molecule has 1 N–H and O–H groups in total. The summed E-state index contributed by atoms with van der Waals surface area (Å²) in [7, 11) is 1.90. The van der Waals surface area contributed by atoms with Gasteiger partial charge in [-0.2, -0.15) is 0 Å². The fourth-order valence-electron chi connectivity index (χ4n) is 4.69. The number of nitrogens with one attached hydrogen (secondary N) is 1. The largest absolute Gasteiger partial charge is 0.491 e.